The summed E-state index contributed by atoms with van der Waals surface area (Å²) in [6.07, 6.45) is 4.71. The number of nitrogens with two attached hydrogens (primary N) is 1. The third kappa shape index (κ3) is 4.45. The van der Waals surface area contributed by atoms with Crippen LogP contribution < -0.4 is 16.4 Å². The summed E-state index contributed by atoms with van der Waals surface area (Å²) in [6, 6.07) is 7.18. The van der Waals surface area contributed by atoms with Crippen molar-refractivity contribution >= 4 is 24.2 Å². The zero-order valence-electron chi connectivity index (χ0n) is 12.9. The van der Waals surface area contributed by atoms with Crippen molar-refractivity contribution in [2.24, 2.45) is 5.73 Å². The summed E-state index contributed by atoms with van der Waals surface area (Å²) < 4.78 is 0. The first kappa shape index (κ1) is 18.5. The maximum absolute atomic E-state index is 12.2. The van der Waals surface area contributed by atoms with Crippen LogP contribution in [-0.2, 0) is 11.3 Å². The second kappa shape index (κ2) is 8.15. The van der Waals surface area contributed by atoms with E-state index in [1.807, 2.05) is 12.1 Å². The molecule has 0 bridgehead atoms. The Morgan fingerprint density at radius 3 is 2.27 bits per heavy atom. The van der Waals surface area contributed by atoms with Crippen molar-refractivity contribution in [3.63, 3.8) is 0 Å². The SMILES string of the molecule is CNC(=O)c1ccc(CNC(=O)C2(N)CCCCC2)cc1.Cl. The van der Waals surface area contributed by atoms with Crippen LogP contribution in [0, 0.1) is 0 Å². The lowest BCUT2D eigenvalue weighted by Gasteiger charge is -2.31. The predicted octanol–water partition coefficient (Wildman–Crippen LogP) is 1.75. The molecule has 0 aromatic heterocycles. The van der Waals surface area contributed by atoms with E-state index in [1.165, 1.54) is 0 Å². The number of carbonyl (C=O) groups excluding carboxylic acids is 2. The van der Waals surface area contributed by atoms with Gasteiger partial charge in [0, 0.05) is 19.2 Å². The van der Waals surface area contributed by atoms with Crippen LogP contribution in [0.3, 0.4) is 0 Å². The van der Waals surface area contributed by atoms with E-state index >= 15 is 0 Å². The number of hydrogen-bond donors (Lipinski definition) is 3. The quantitative estimate of drug-likeness (QED) is 0.788. The molecule has 0 spiro atoms. The number of nitrogens with one attached hydrogen (secondary N) is 2. The summed E-state index contributed by atoms with van der Waals surface area (Å²) in [7, 11) is 1.60. The van der Waals surface area contributed by atoms with E-state index < -0.39 is 5.54 Å². The zero-order chi connectivity index (χ0) is 15.3. The highest BCUT2D eigenvalue weighted by atomic mass is 35.5. The molecule has 0 heterocycles. The van der Waals surface area contributed by atoms with Crippen molar-refractivity contribution in [2.45, 2.75) is 44.2 Å². The Bertz CT molecular complexity index is 511. The standard InChI is InChI=1S/C16H23N3O2.ClH/c1-18-14(20)13-7-5-12(6-8-13)11-19-15(21)16(17)9-3-2-4-10-16;/h5-8H,2-4,9-11,17H2,1H3,(H,18,20)(H,19,21);1H. The van der Waals surface area contributed by atoms with Gasteiger partial charge in [0.15, 0.2) is 0 Å². The molecular weight excluding hydrogens is 302 g/mol. The summed E-state index contributed by atoms with van der Waals surface area (Å²) in [6.45, 7) is 0.436. The van der Waals surface area contributed by atoms with Crippen molar-refractivity contribution in [3.8, 4) is 0 Å². The highest BCUT2D eigenvalue weighted by Crippen LogP contribution is 2.26. The molecule has 4 N–H and O–H groups in total. The van der Waals surface area contributed by atoms with Crippen molar-refractivity contribution in [2.75, 3.05) is 7.05 Å². The molecular formula is C16H24ClN3O2. The molecule has 5 nitrogen and oxygen atoms in total. The average molecular weight is 326 g/mol. The molecule has 1 aromatic rings. The Hall–Kier alpha value is -1.59. The van der Waals surface area contributed by atoms with Gasteiger partial charge in [-0.25, -0.2) is 0 Å². The molecule has 1 aromatic carbocycles. The highest BCUT2D eigenvalue weighted by molar-refractivity contribution is 5.94. The summed E-state index contributed by atoms with van der Waals surface area (Å²) in [5.41, 5.74) is 7.04. The molecule has 1 saturated carbocycles. The predicted molar refractivity (Wildman–Crippen MR) is 88.9 cm³/mol. The first-order valence-corrected chi connectivity index (χ1v) is 7.43. The van der Waals surface area contributed by atoms with Gasteiger partial charge in [-0.15, -0.1) is 12.4 Å². The van der Waals surface area contributed by atoms with Crippen molar-refractivity contribution in [3.05, 3.63) is 35.4 Å². The fourth-order valence-electron chi connectivity index (χ4n) is 2.69. The van der Waals surface area contributed by atoms with Crippen LogP contribution >= 0.6 is 12.4 Å². The summed E-state index contributed by atoms with van der Waals surface area (Å²) in [4.78, 5) is 23.7. The largest absolute Gasteiger partial charge is 0.355 e. The lowest BCUT2D eigenvalue weighted by molar-refractivity contribution is -0.127. The molecule has 2 rings (SSSR count). The minimum absolute atomic E-state index is 0. The van der Waals surface area contributed by atoms with Gasteiger partial charge < -0.3 is 16.4 Å². The van der Waals surface area contributed by atoms with E-state index in [-0.39, 0.29) is 24.2 Å². The molecule has 0 aliphatic heterocycles. The minimum atomic E-state index is -0.708. The van der Waals surface area contributed by atoms with Crippen molar-refractivity contribution in [1.82, 2.24) is 10.6 Å². The van der Waals surface area contributed by atoms with Gasteiger partial charge >= 0.3 is 0 Å². The van der Waals surface area contributed by atoms with Crippen LogP contribution in [-0.4, -0.2) is 24.4 Å². The molecule has 0 saturated heterocycles. The maximum Gasteiger partial charge on any atom is 0.251 e. The lowest BCUT2D eigenvalue weighted by Crippen LogP contribution is -2.54. The van der Waals surface area contributed by atoms with Crippen molar-refractivity contribution in [1.29, 1.82) is 0 Å². The van der Waals surface area contributed by atoms with E-state index in [0.717, 1.165) is 37.7 Å². The topological polar surface area (TPSA) is 84.2 Å². The molecule has 1 aliphatic carbocycles. The molecule has 6 heteroatoms. The minimum Gasteiger partial charge on any atom is -0.355 e. The normalized spacial score (nSPS) is 16.3. The third-order valence-corrected chi connectivity index (χ3v) is 4.09. The van der Waals surface area contributed by atoms with E-state index in [4.69, 9.17) is 5.73 Å². The number of carbonyl (C=O) groups is 2. The Morgan fingerprint density at radius 1 is 1.14 bits per heavy atom. The van der Waals surface area contributed by atoms with Crippen LogP contribution in [0.1, 0.15) is 48.0 Å². The molecule has 0 radical (unpaired) electrons. The first-order chi connectivity index (χ1) is 10.0. The van der Waals surface area contributed by atoms with Crippen LogP contribution in [0.5, 0.6) is 0 Å². The molecule has 2 amide bonds. The number of amides is 2. The molecule has 0 atom stereocenters. The first-order valence-electron chi connectivity index (χ1n) is 7.43. The number of halogens is 1. The Labute approximate surface area is 137 Å². The van der Waals surface area contributed by atoms with E-state index in [0.29, 0.717) is 12.1 Å². The summed E-state index contributed by atoms with van der Waals surface area (Å²) in [5.74, 6) is -0.189. The molecule has 1 fully saturated rings. The number of hydrogen-bond acceptors (Lipinski definition) is 3. The third-order valence-electron chi connectivity index (χ3n) is 4.09. The summed E-state index contributed by atoms with van der Waals surface area (Å²) in [5, 5.41) is 5.48. The summed E-state index contributed by atoms with van der Waals surface area (Å²) >= 11 is 0. The van der Waals surface area contributed by atoms with Crippen LogP contribution in [0.2, 0.25) is 0 Å². The zero-order valence-corrected chi connectivity index (χ0v) is 13.7. The fourth-order valence-corrected chi connectivity index (χ4v) is 2.69. The lowest BCUT2D eigenvalue weighted by atomic mass is 9.82. The van der Waals surface area contributed by atoms with Crippen LogP contribution in [0.15, 0.2) is 24.3 Å². The van der Waals surface area contributed by atoms with E-state index in [2.05, 4.69) is 10.6 Å². The molecule has 22 heavy (non-hydrogen) atoms. The highest BCUT2D eigenvalue weighted by Gasteiger charge is 2.34. The van der Waals surface area contributed by atoms with Gasteiger partial charge in [-0.05, 0) is 30.5 Å². The van der Waals surface area contributed by atoms with Gasteiger partial charge in [-0.1, -0.05) is 31.4 Å². The van der Waals surface area contributed by atoms with Gasteiger partial charge in [0.2, 0.25) is 5.91 Å². The maximum atomic E-state index is 12.2. The average Bonchev–Trinajstić information content (AvgIpc) is 2.53. The number of benzene rings is 1. The monoisotopic (exact) mass is 325 g/mol. The molecule has 0 unspecified atom stereocenters. The van der Waals surface area contributed by atoms with Gasteiger partial charge in [0.05, 0.1) is 5.54 Å². The van der Waals surface area contributed by atoms with Gasteiger partial charge in [0.1, 0.15) is 0 Å². The van der Waals surface area contributed by atoms with Crippen LogP contribution in [0.25, 0.3) is 0 Å². The van der Waals surface area contributed by atoms with Crippen molar-refractivity contribution < 1.29 is 9.59 Å². The fraction of sp³-hybridized carbons (Fsp3) is 0.500. The van der Waals surface area contributed by atoms with E-state index in [1.54, 1.807) is 19.2 Å². The van der Waals surface area contributed by atoms with Gasteiger partial charge in [-0.3, -0.25) is 9.59 Å². The van der Waals surface area contributed by atoms with Gasteiger partial charge in [0.25, 0.3) is 5.91 Å². The Balaban J connectivity index is 0.00000242. The number of rotatable bonds is 4. The smallest absolute Gasteiger partial charge is 0.251 e. The molecule has 1 aliphatic rings. The van der Waals surface area contributed by atoms with Crippen LogP contribution in [0.4, 0.5) is 0 Å². The molecule has 122 valence electrons. The Kier molecular flexibility index (Phi) is 6.84. The second-order valence-electron chi connectivity index (χ2n) is 5.68. The second-order valence-corrected chi connectivity index (χ2v) is 5.68. The van der Waals surface area contributed by atoms with E-state index in [9.17, 15) is 9.59 Å². The Morgan fingerprint density at radius 2 is 1.73 bits per heavy atom. The van der Waals surface area contributed by atoms with Gasteiger partial charge in [-0.2, -0.15) is 0 Å².